The summed E-state index contributed by atoms with van der Waals surface area (Å²) in [6.07, 6.45) is 8.27. The summed E-state index contributed by atoms with van der Waals surface area (Å²) in [6.45, 7) is 4.50. The Morgan fingerprint density at radius 3 is 2.29 bits per heavy atom. The first kappa shape index (κ1) is 25.8. The average molecular weight is 484 g/mol. The summed E-state index contributed by atoms with van der Waals surface area (Å²) in [5.41, 5.74) is 2.75. The Morgan fingerprint density at radius 1 is 0.941 bits per heavy atom. The van der Waals surface area contributed by atoms with Crippen molar-refractivity contribution in [3.8, 4) is 5.75 Å². The number of rotatable bonds is 12. The molecule has 182 valence electrons. The van der Waals surface area contributed by atoms with Gasteiger partial charge in [0.1, 0.15) is 5.75 Å². The van der Waals surface area contributed by atoms with Crippen LogP contribution < -0.4 is 4.74 Å². The molecule has 3 rings (SSSR count). The van der Waals surface area contributed by atoms with Gasteiger partial charge in [0.05, 0.1) is 25.7 Å². The number of fused-ring (bicyclic) bond motifs is 1. The fourth-order valence-corrected chi connectivity index (χ4v) is 4.36. The maximum absolute atomic E-state index is 13.4. The zero-order valence-corrected chi connectivity index (χ0v) is 21.1. The topological polar surface area (TPSA) is 57.5 Å². The molecule has 3 aromatic rings. The van der Waals surface area contributed by atoms with Crippen LogP contribution >= 0.6 is 11.6 Å². The van der Waals surface area contributed by atoms with Crippen LogP contribution in [-0.4, -0.2) is 30.2 Å². The second-order valence-electron chi connectivity index (χ2n) is 8.61. The van der Waals surface area contributed by atoms with Gasteiger partial charge < -0.3 is 9.47 Å². The van der Waals surface area contributed by atoms with E-state index < -0.39 is 0 Å². The van der Waals surface area contributed by atoms with Crippen LogP contribution in [0.5, 0.6) is 5.75 Å². The first-order chi connectivity index (χ1) is 16.5. The number of methoxy groups -OCH3 is 1. The highest BCUT2D eigenvalue weighted by molar-refractivity contribution is 6.30. The number of unbranched alkanes of at least 4 members (excludes halogenated alkanes) is 6. The lowest BCUT2D eigenvalue weighted by atomic mass is 10.1. The zero-order valence-electron chi connectivity index (χ0n) is 20.4. The lowest BCUT2D eigenvalue weighted by Crippen LogP contribution is -2.14. The standard InChI is InChI=1S/C28H34ClNO4/c1-4-5-6-7-8-9-10-17-34-27(31)19-24-20(2)30(26-16-15-23(33-3)18-25(24)26)28(32)21-11-13-22(29)14-12-21/h11-16,18H,4-10,17,19H2,1-3H3. The van der Waals surface area contributed by atoms with Crippen molar-refractivity contribution < 1.29 is 19.1 Å². The van der Waals surface area contributed by atoms with Gasteiger partial charge in [-0.05, 0) is 61.4 Å². The molecule has 0 spiro atoms. The minimum Gasteiger partial charge on any atom is -0.497 e. The minimum atomic E-state index is -0.283. The summed E-state index contributed by atoms with van der Waals surface area (Å²) in [5, 5.41) is 1.38. The van der Waals surface area contributed by atoms with Crippen molar-refractivity contribution in [1.82, 2.24) is 4.57 Å². The molecular weight excluding hydrogens is 450 g/mol. The molecule has 5 nitrogen and oxygen atoms in total. The van der Waals surface area contributed by atoms with Crippen molar-refractivity contribution >= 4 is 34.4 Å². The highest BCUT2D eigenvalue weighted by Gasteiger charge is 2.22. The highest BCUT2D eigenvalue weighted by Crippen LogP contribution is 2.31. The maximum atomic E-state index is 13.4. The summed E-state index contributed by atoms with van der Waals surface area (Å²) in [6, 6.07) is 12.3. The number of nitrogens with zero attached hydrogens (tertiary/aromatic N) is 1. The first-order valence-electron chi connectivity index (χ1n) is 12.1. The molecule has 0 aliphatic heterocycles. The molecule has 1 aromatic heterocycles. The normalized spacial score (nSPS) is 11.1. The van der Waals surface area contributed by atoms with Crippen molar-refractivity contribution in [2.24, 2.45) is 0 Å². The van der Waals surface area contributed by atoms with E-state index in [1.165, 1.54) is 32.1 Å². The lowest BCUT2D eigenvalue weighted by Gasteiger charge is -2.08. The van der Waals surface area contributed by atoms with Crippen molar-refractivity contribution in [2.45, 2.75) is 65.2 Å². The minimum absolute atomic E-state index is 0.104. The molecule has 0 radical (unpaired) electrons. The van der Waals surface area contributed by atoms with Crippen LogP contribution in [0.15, 0.2) is 42.5 Å². The van der Waals surface area contributed by atoms with E-state index in [9.17, 15) is 9.59 Å². The molecule has 1 heterocycles. The van der Waals surface area contributed by atoms with Gasteiger partial charge in [0.25, 0.3) is 5.91 Å². The summed E-state index contributed by atoms with van der Waals surface area (Å²) in [5.74, 6) is 0.211. The first-order valence-corrected chi connectivity index (χ1v) is 12.5. The van der Waals surface area contributed by atoms with E-state index in [0.29, 0.717) is 22.9 Å². The van der Waals surface area contributed by atoms with Crippen molar-refractivity contribution in [3.63, 3.8) is 0 Å². The molecule has 2 aromatic carbocycles. The summed E-state index contributed by atoms with van der Waals surface area (Å²) < 4.78 is 12.6. The Bertz CT molecular complexity index is 1120. The third-order valence-corrected chi connectivity index (χ3v) is 6.42. The molecule has 0 fully saturated rings. The number of aromatic nitrogens is 1. The number of esters is 1. The predicted molar refractivity (Wildman–Crippen MR) is 137 cm³/mol. The molecule has 0 saturated heterocycles. The monoisotopic (exact) mass is 483 g/mol. The molecular formula is C28H34ClNO4. The van der Waals surface area contributed by atoms with Gasteiger partial charge >= 0.3 is 5.97 Å². The van der Waals surface area contributed by atoms with E-state index in [2.05, 4.69) is 6.92 Å². The van der Waals surface area contributed by atoms with Crippen LogP contribution in [0.1, 0.15) is 73.5 Å². The van der Waals surface area contributed by atoms with E-state index in [0.717, 1.165) is 35.0 Å². The maximum Gasteiger partial charge on any atom is 0.310 e. The number of carbonyl (C=O) groups is 2. The fourth-order valence-electron chi connectivity index (χ4n) is 4.24. The lowest BCUT2D eigenvalue weighted by molar-refractivity contribution is -0.142. The zero-order chi connectivity index (χ0) is 24.5. The third-order valence-electron chi connectivity index (χ3n) is 6.17. The number of ether oxygens (including phenoxy) is 2. The van der Waals surface area contributed by atoms with Crippen LogP contribution in [0.4, 0.5) is 0 Å². The second kappa shape index (κ2) is 12.6. The van der Waals surface area contributed by atoms with Crippen LogP contribution in [0.3, 0.4) is 0 Å². The Balaban J connectivity index is 1.75. The molecule has 0 amide bonds. The molecule has 0 aliphatic carbocycles. The Labute approximate surface area is 207 Å². The molecule has 0 unspecified atom stereocenters. The van der Waals surface area contributed by atoms with Gasteiger partial charge in [-0.3, -0.25) is 14.2 Å². The molecule has 0 bridgehead atoms. The number of carbonyl (C=O) groups excluding carboxylic acids is 2. The van der Waals surface area contributed by atoms with Crippen LogP contribution in [0.25, 0.3) is 10.9 Å². The molecule has 0 saturated carbocycles. The number of hydrogen-bond acceptors (Lipinski definition) is 4. The van der Waals surface area contributed by atoms with Gasteiger partial charge in [0.2, 0.25) is 0 Å². The summed E-state index contributed by atoms with van der Waals surface area (Å²) in [4.78, 5) is 26.0. The van der Waals surface area contributed by atoms with Gasteiger partial charge in [0, 0.05) is 21.7 Å². The summed E-state index contributed by atoms with van der Waals surface area (Å²) in [7, 11) is 1.60. The van der Waals surface area contributed by atoms with E-state index >= 15 is 0 Å². The largest absolute Gasteiger partial charge is 0.497 e. The number of hydrogen-bond donors (Lipinski definition) is 0. The quantitative estimate of drug-likeness (QED) is 0.203. The SMILES string of the molecule is CCCCCCCCCOC(=O)Cc1c(C)n(C(=O)c2ccc(Cl)cc2)c2ccc(OC)cc12. The Kier molecular flexibility index (Phi) is 9.58. The van der Waals surface area contributed by atoms with Crippen molar-refractivity contribution in [3.05, 3.63) is 64.3 Å². The third kappa shape index (κ3) is 6.41. The van der Waals surface area contributed by atoms with Gasteiger partial charge in [-0.25, -0.2) is 0 Å². The van der Waals surface area contributed by atoms with Crippen molar-refractivity contribution in [2.75, 3.05) is 13.7 Å². The molecule has 6 heteroatoms. The van der Waals surface area contributed by atoms with E-state index in [4.69, 9.17) is 21.1 Å². The molecule has 0 atom stereocenters. The second-order valence-corrected chi connectivity index (χ2v) is 9.05. The molecule has 0 aliphatic rings. The average Bonchev–Trinajstić information content (AvgIpc) is 3.11. The van der Waals surface area contributed by atoms with Crippen LogP contribution in [0.2, 0.25) is 5.02 Å². The summed E-state index contributed by atoms with van der Waals surface area (Å²) >= 11 is 5.99. The van der Waals surface area contributed by atoms with Gasteiger partial charge in [-0.2, -0.15) is 0 Å². The highest BCUT2D eigenvalue weighted by atomic mass is 35.5. The van der Waals surface area contributed by atoms with E-state index in [1.807, 2.05) is 25.1 Å². The fraction of sp³-hybridized carbons (Fsp3) is 0.429. The molecule has 34 heavy (non-hydrogen) atoms. The predicted octanol–water partition coefficient (Wildman–Crippen LogP) is 7.14. The number of halogens is 1. The van der Waals surface area contributed by atoms with Crippen LogP contribution in [-0.2, 0) is 16.0 Å². The van der Waals surface area contributed by atoms with Gasteiger partial charge in [-0.15, -0.1) is 0 Å². The van der Waals surface area contributed by atoms with Crippen LogP contribution in [0, 0.1) is 6.92 Å². The van der Waals surface area contributed by atoms with Crippen molar-refractivity contribution in [1.29, 1.82) is 0 Å². The molecule has 0 N–H and O–H groups in total. The van der Waals surface area contributed by atoms with E-state index in [-0.39, 0.29) is 18.3 Å². The smallest absolute Gasteiger partial charge is 0.310 e. The Hall–Kier alpha value is -2.79. The van der Waals surface area contributed by atoms with Gasteiger partial charge in [0.15, 0.2) is 0 Å². The Morgan fingerprint density at radius 2 is 1.62 bits per heavy atom. The van der Waals surface area contributed by atoms with Gasteiger partial charge in [-0.1, -0.05) is 57.0 Å². The number of benzene rings is 2. The van der Waals surface area contributed by atoms with E-state index in [1.54, 1.807) is 35.9 Å².